The van der Waals surface area contributed by atoms with Crippen molar-refractivity contribution in [3.05, 3.63) is 53.6 Å². The van der Waals surface area contributed by atoms with E-state index in [1.54, 1.807) is 18.2 Å². The van der Waals surface area contributed by atoms with E-state index in [4.69, 9.17) is 15.3 Å². The van der Waals surface area contributed by atoms with Gasteiger partial charge in [-0.15, -0.1) is 0 Å². The Morgan fingerprint density at radius 3 is 2.20 bits per heavy atom. The molecule has 0 atom stereocenters. The van der Waals surface area contributed by atoms with Gasteiger partial charge in [0.2, 0.25) is 0 Å². The fourth-order valence-corrected chi connectivity index (χ4v) is 2.23. The number of rotatable bonds is 8. The van der Waals surface area contributed by atoms with Gasteiger partial charge in [0.25, 0.3) is 0 Å². The third-order valence-corrected chi connectivity index (χ3v) is 3.63. The van der Waals surface area contributed by atoms with E-state index in [-0.39, 0.29) is 0 Å². The molecule has 2 aromatic carbocycles. The van der Waals surface area contributed by atoms with Crippen LogP contribution in [0.4, 0.5) is 11.4 Å². The molecule has 0 amide bonds. The van der Waals surface area contributed by atoms with Gasteiger partial charge in [-0.25, -0.2) is 0 Å². The van der Waals surface area contributed by atoms with Crippen molar-refractivity contribution in [2.24, 2.45) is 10.2 Å². The maximum Gasteiger partial charge on any atom is 0.119 e. The number of hydrogen-bond acceptors (Lipinski definition) is 5. The van der Waals surface area contributed by atoms with Gasteiger partial charge in [-0.05, 0) is 48.9 Å². The zero-order valence-electron chi connectivity index (χ0n) is 14.3. The van der Waals surface area contributed by atoms with E-state index in [1.165, 1.54) is 19.3 Å². The zero-order valence-corrected chi connectivity index (χ0v) is 14.3. The molecule has 0 N–H and O–H groups in total. The summed E-state index contributed by atoms with van der Waals surface area (Å²) in [6.07, 6.45) is 4.72. The molecule has 0 heterocycles. The van der Waals surface area contributed by atoms with Crippen molar-refractivity contribution in [3.8, 4) is 17.9 Å². The Bertz CT molecular complexity index is 798. The molecule has 25 heavy (non-hydrogen) atoms. The smallest absolute Gasteiger partial charge is 0.119 e. The molecule has 0 bridgehead atoms. The average Bonchev–Trinajstić information content (AvgIpc) is 2.66. The lowest BCUT2D eigenvalue weighted by atomic mass is 10.1. The molecule has 0 aliphatic carbocycles. The first-order valence-corrected chi connectivity index (χ1v) is 8.35. The molecule has 5 nitrogen and oxygen atoms in total. The Morgan fingerprint density at radius 1 is 0.840 bits per heavy atom. The van der Waals surface area contributed by atoms with E-state index in [2.05, 4.69) is 17.2 Å². The van der Waals surface area contributed by atoms with Crippen molar-refractivity contribution < 1.29 is 4.74 Å². The van der Waals surface area contributed by atoms with E-state index in [0.717, 1.165) is 18.8 Å². The lowest BCUT2D eigenvalue weighted by Crippen LogP contribution is -1.96. The minimum Gasteiger partial charge on any atom is -0.494 e. The van der Waals surface area contributed by atoms with Crippen molar-refractivity contribution in [2.45, 2.75) is 32.6 Å². The number of hydrogen-bond donors (Lipinski definition) is 0. The first kappa shape index (κ1) is 18.2. The molecular formula is C20H20N4O. The Hall–Kier alpha value is -3.18. The highest BCUT2D eigenvalue weighted by Gasteiger charge is 2.02. The van der Waals surface area contributed by atoms with Crippen LogP contribution in [-0.2, 0) is 0 Å². The lowest BCUT2D eigenvalue weighted by Gasteiger charge is -2.05. The highest BCUT2D eigenvalue weighted by Crippen LogP contribution is 2.23. The minimum absolute atomic E-state index is 0.297. The normalized spacial score (nSPS) is 10.4. The van der Waals surface area contributed by atoms with Crippen LogP contribution in [0.2, 0.25) is 0 Å². The van der Waals surface area contributed by atoms with Crippen molar-refractivity contribution in [1.82, 2.24) is 0 Å². The summed E-state index contributed by atoms with van der Waals surface area (Å²) in [5.74, 6) is 0.820. The Morgan fingerprint density at radius 2 is 1.52 bits per heavy atom. The quantitative estimate of drug-likeness (QED) is 0.452. The van der Waals surface area contributed by atoms with Crippen LogP contribution in [0.5, 0.6) is 5.75 Å². The Labute approximate surface area is 148 Å². The molecule has 126 valence electrons. The minimum atomic E-state index is 0.297. The zero-order chi connectivity index (χ0) is 17.9. The molecule has 0 aliphatic rings. The second-order valence-corrected chi connectivity index (χ2v) is 5.56. The molecule has 0 aliphatic heterocycles. The molecule has 0 saturated heterocycles. The molecular weight excluding hydrogens is 312 g/mol. The Kier molecular flexibility index (Phi) is 7.15. The Balaban J connectivity index is 1.94. The van der Waals surface area contributed by atoms with E-state index < -0.39 is 0 Å². The van der Waals surface area contributed by atoms with Gasteiger partial charge in [-0.3, -0.25) is 0 Å². The number of unbranched alkanes of at least 4 members (excludes halogenated alkanes) is 3. The van der Waals surface area contributed by atoms with Crippen LogP contribution in [0.1, 0.15) is 43.7 Å². The van der Waals surface area contributed by atoms with Crippen LogP contribution in [-0.4, -0.2) is 6.61 Å². The summed E-state index contributed by atoms with van der Waals surface area (Å²) >= 11 is 0. The van der Waals surface area contributed by atoms with E-state index >= 15 is 0 Å². The van der Waals surface area contributed by atoms with Crippen LogP contribution < -0.4 is 4.74 Å². The maximum absolute atomic E-state index is 9.02. The van der Waals surface area contributed by atoms with Gasteiger partial charge in [0.05, 0.1) is 29.1 Å². The summed E-state index contributed by atoms with van der Waals surface area (Å²) in [6.45, 7) is 2.91. The summed E-state index contributed by atoms with van der Waals surface area (Å²) in [7, 11) is 0. The largest absolute Gasteiger partial charge is 0.494 e. The van der Waals surface area contributed by atoms with Gasteiger partial charge in [0.15, 0.2) is 0 Å². The third kappa shape index (κ3) is 5.75. The summed E-state index contributed by atoms with van der Waals surface area (Å²) in [5, 5.41) is 26.2. The second kappa shape index (κ2) is 9.85. The molecule has 2 aromatic rings. The standard InChI is InChI=1S/C20H20N4O/c1-2-3-4-5-12-25-20-10-8-18(9-11-20)23-24-19-7-6-16(14-21)17(13-19)15-22/h6-11,13H,2-5,12H2,1H3/b24-23+. The maximum atomic E-state index is 9.02. The molecule has 2 rings (SSSR count). The molecule has 0 aromatic heterocycles. The van der Waals surface area contributed by atoms with Crippen molar-refractivity contribution in [2.75, 3.05) is 6.61 Å². The second-order valence-electron chi connectivity index (χ2n) is 5.56. The predicted octanol–water partition coefficient (Wildman–Crippen LogP) is 5.80. The summed E-state index contributed by atoms with van der Waals surface area (Å²) in [5.41, 5.74) is 1.86. The van der Waals surface area contributed by atoms with Gasteiger partial charge in [-0.2, -0.15) is 20.8 Å². The SMILES string of the molecule is CCCCCCOc1ccc(/N=N/c2ccc(C#N)c(C#N)c2)cc1. The first-order chi connectivity index (χ1) is 12.3. The third-order valence-electron chi connectivity index (χ3n) is 3.63. The molecule has 0 fully saturated rings. The van der Waals surface area contributed by atoms with Gasteiger partial charge < -0.3 is 4.74 Å². The van der Waals surface area contributed by atoms with Gasteiger partial charge in [-0.1, -0.05) is 26.2 Å². The monoisotopic (exact) mass is 332 g/mol. The van der Waals surface area contributed by atoms with Crippen LogP contribution in [0, 0.1) is 22.7 Å². The highest BCUT2D eigenvalue weighted by molar-refractivity contribution is 5.53. The molecule has 0 radical (unpaired) electrons. The molecule has 5 heteroatoms. The number of ether oxygens (including phenoxy) is 1. The van der Waals surface area contributed by atoms with E-state index in [9.17, 15) is 0 Å². The van der Waals surface area contributed by atoms with Crippen LogP contribution in [0.3, 0.4) is 0 Å². The van der Waals surface area contributed by atoms with Gasteiger partial charge in [0.1, 0.15) is 17.9 Å². The van der Waals surface area contributed by atoms with Gasteiger partial charge >= 0.3 is 0 Å². The predicted molar refractivity (Wildman–Crippen MR) is 96.1 cm³/mol. The van der Waals surface area contributed by atoms with Crippen LogP contribution in [0.15, 0.2) is 52.7 Å². The molecule has 0 saturated carbocycles. The number of nitriles is 2. The van der Waals surface area contributed by atoms with Gasteiger partial charge in [0, 0.05) is 0 Å². The topological polar surface area (TPSA) is 81.5 Å². The van der Waals surface area contributed by atoms with Crippen molar-refractivity contribution in [3.63, 3.8) is 0 Å². The van der Waals surface area contributed by atoms with Crippen LogP contribution >= 0.6 is 0 Å². The van der Waals surface area contributed by atoms with Crippen LogP contribution in [0.25, 0.3) is 0 Å². The lowest BCUT2D eigenvalue weighted by molar-refractivity contribution is 0.305. The summed E-state index contributed by atoms with van der Waals surface area (Å²) in [6, 6.07) is 16.1. The summed E-state index contributed by atoms with van der Waals surface area (Å²) in [4.78, 5) is 0. The van der Waals surface area contributed by atoms with E-state index in [0.29, 0.717) is 22.5 Å². The average molecular weight is 332 g/mol. The number of nitrogens with zero attached hydrogens (tertiary/aromatic N) is 4. The molecule has 0 unspecified atom stereocenters. The molecule has 0 spiro atoms. The summed E-state index contributed by atoms with van der Waals surface area (Å²) < 4.78 is 5.69. The van der Waals surface area contributed by atoms with Crippen molar-refractivity contribution in [1.29, 1.82) is 10.5 Å². The first-order valence-electron chi connectivity index (χ1n) is 8.35. The fourth-order valence-electron chi connectivity index (χ4n) is 2.23. The number of azo groups is 1. The fraction of sp³-hybridized carbons (Fsp3) is 0.300. The highest BCUT2D eigenvalue weighted by atomic mass is 16.5. The van der Waals surface area contributed by atoms with Crippen molar-refractivity contribution >= 4 is 11.4 Å². The number of benzene rings is 2. The van der Waals surface area contributed by atoms with E-state index in [1.807, 2.05) is 36.4 Å².